The first-order valence-corrected chi connectivity index (χ1v) is 12.8. The lowest BCUT2D eigenvalue weighted by molar-refractivity contribution is -0.137. The van der Waals surface area contributed by atoms with Crippen molar-refractivity contribution in [3.05, 3.63) is 77.3 Å². The molecule has 0 radical (unpaired) electrons. The van der Waals surface area contributed by atoms with Crippen molar-refractivity contribution in [3.8, 4) is 17.2 Å². The largest absolute Gasteiger partial charge is 0.493 e. The second-order valence-corrected chi connectivity index (χ2v) is 9.79. The van der Waals surface area contributed by atoms with E-state index in [-0.39, 0.29) is 17.0 Å². The van der Waals surface area contributed by atoms with Crippen LogP contribution in [0.2, 0.25) is 5.02 Å². The zero-order valence-corrected chi connectivity index (χ0v) is 23.0. The number of rotatable bonds is 10. The van der Waals surface area contributed by atoms with Crippen LogP contribution in [0.15, 0.2) is 66.2 Å². The van der Waals surface area contributed by atoms with E-state index in [1.807, 2.05) is 0 Å². The van der Waals surface area contributed by atoms with Crippen molar-refractivity contribution in [1.82, 2.24) is 0 Å². The molecule has 0 aromatic heterocycles. The number of methoxy groups -OCH3 is 1. The van der Waals surface area contributed by atoms with Gasteiger partial charge < -0.3 is 30.6 Å². The molecule has 4 N–H and O–H groups in total. The highest BCUT2D eigenvalue weighted by atomic mass is 35.5. The van der Waals surface area contributed by atoms with E-state index in [0.29, 0.717) is 40.8 Å². The molecule has 2 amide bonds. The Morgan fingerprint density at radius 3 is 2.37 bits per heavy atom. The highest BCUT2D eigenvalue weighted by Crippen LogP contribution is 2.41. The minimum atomic E-state index is -4.65. The number of aliphatic imine (C=N–C) groups is 1. The fourth-order valence-corrected chi connectivity index (χ4v) is 3.96. The third-order valence-electron chi connectivity index (χ3n) is 6.14. The summed E-state index contributed by atoms with van der Waals surface area (Å²) in [5.41, 5.74) is 6.23. The summed E-state index contributed by atoms with van der Waals surface area (Å²) in [6.45, 7) is 6.17. The number of nitrogens with zero attached hydrogens (tertiary/aromatic N) is 1. The maximum Gasteiger partial charge on any atom is 0.417 e. The van der Waals surface area contributed by atoms with Gasteiger partial charge in [0.25, 0.3) is 0 Å². The smallest absolute Gasteiger partial charge is 0.417 e. The molecule has 0 atom stereocenters. The number of halogens is 4. The van der Waals surface area contributed by atoms with Gasteiger partial charge in [-0.2, -0.15) is 13.2 Å². The van der Waals surface area contributed by atoms with Crippen molar-refractivity contribution in [3.63, 3.8) is 0 Å². The van der Waals surface area contributed by atoms with Gasteiger partial charge in [0.15, 0.2) is 11.5 Å². The Morgan fingerprint density at radius 2 is 1.76 bits per heavy atom. The van der Waals surface area contributed by atoms with E-state index in [1.165, 1.54) is 13.2 Å². The van der Waals surface area contributed by atoms with Crippen molar-refractivity contribution in [1.29, 1.82) is 0 Å². The summed E-state index contributed by atoms with van der Waals surface area (Å²) in [7, 11) is 1.53. The number of benzene rings is 3. The highest BCUT2D eigenvalue weighted by molar-refractivity contribution is 6.31. The first-order chi connectivity index (χ1) is 19.4. The number of ether oxygens (including phenoxy) is 3. The van der Waals surface area contributed by atoms with Gasteiger partial charge in [-0.15, -0.1) is 0 Å². The van der Waals surface area contributed by atoms with Gasteiger partial charge in [-0.1, -0.05) is 18.2 Å². The molecule has 216 valence electrons. The number of nitrogens with two attached hydrogens (primary N) is 1. The molecule has 1 saturated carbocycles. The zero-order valence-electron chi connectivity index (χ0n) is 22.3. The van der Waals surface area contributed by atoms with Gasteiger partial charge in [0.2, 0.25) is 0 Å². The first-order valence-electron chi connectivity index (χ1n) is 12.4. The van der Waals surface area contributed by atoms with E-state index < -0.39 is 22.8 Å². The van der Waals surface area contributed by atoms with Crippen molar-refractivity contribution < 1.29 is 32.2 Å². The highest BCUT2D eigenvalue weighted by Gasteiger charge is 2.39. The van der Waals surface area contributed by atoms with Crippen molar-refractivity contribution in [2.24, 2.45) is 10.7 Å². The lowest BCUT2D eigenvalue weighted by Gasteiger charge is -2.18. The predicted octanol–water partition coefficient (Wildman–Crippen LogP) is 7.65. The van der Waals surface area contributed by atoms with Gasteiger partial charge in [0, 0.05) is 29.2 Å². The lowest BCUT2D eigenvalue weighted by atomic mass is 10.1. The fourth-order valence-electron chi connectivity index (χ4n) is 3.73. The molecule has 0 spiro atoms. The summed E-state index contributed by atoms with van der Waals surface area (Å²) in [4.78, 5) is 16.8. The molecule has 0 heterocycles. The Bertz CT molecular complexity index is 1470. The molecule has 41 heavy (non-hydrogen) atoms. The molecule has 4 rings (SSSR count). The number of carbonyl (C=O) groups is 1. The van der Waals surface area contributed by atoms with Crippen LogP contribution in [0.3, 0.4) is 0 Å². The Balaban J connectivity index is 1.42. The normalized spacial score (nSPS) is 13.9. The van der Waals surface area contributed by atoms with Crippen LogP contribution in [0, 0.1) is 0 Å². The molecule has 1 aliphatic carbocycles. The van der Waals surface area contributed by atoms with Gasteiger partial charge in [0.1, 0.15) is 18.1 Å². The Hall–Kier alpha value is -4.22. The maximum atomic E-state index is 13.1. The molecule has 3 aromatic rings. The van der Waals surface area contributed by atoms with Crippen molar-refractivity contribution >= 4 is 46.7 Å². The summed E-state index contributed by atoms with van der Waals surface area (Å²) in [6, 6.07) is 12.1. The Morgan fingerprint density at radius 1 is 1.10 bits per heavy atom. The molecule has 8 nitrogen and oxygen atoms in total. The van der Waals surface area contributed by atoms with E-state index in [0.717, 1.165) is 25.0 Å². The average molecular weight is 589 g/mol. The average Bonchev–Trinajstić information content (AvgIpc) is 3.66. The second kappa shape index (κ2) is 12.1. The second-order valence-electron chi connectivity index (χ2n) is 9.38. The van der Waals surface area contributed by atoms with E-state index in [9.17, 15) is 18.0 Å². The Labute approximate surface area is 240 Å². The number of hydrogen-bond donors (Lipinski definition) is 3. The van der Waals surface area contributed by atoms with Gasteiger partial charge in [0.05, 0.1) is 28.9 Å². The Kier molecular flexibility index (Phi) is 8.79. The number of carbonyl (C=O) groups excluding carboxylic acids is 1. The molecule has 0 aliphatic heterocycles. The summed E-state index contributed by atoms with van der Waals surface area (Å²) >= 11 is 5.62. The van der Waals surface area contributed by atoms with E-state index >= 15 is 0 Å². The third kappa shape index (κ3) is 7.71. The summed E-state index contributed by atoms with van der Waals surface area (Å²) in [5.74, 6) is 1.67. The van der Waals surface area contributed by atoms with Crippen LogP contribution in [0.1, 0.15) is 30.9 Å². The molecule has 0 saturated heterocycles. The number of nitrogens with one attached hydrogen (secondary N) is 2. The molecular formula is C29H28ClF3N4O4. The summed E-state index contributed by atoms with van der Waals surface area (Å²) < 4.78 is 56.6. The van der Waals surface area contributed by atoms with Crippen molar-refractivity contribution in [2.45, 2.75) is 31.5 Å². The third-order valence-corrected chi connectivity index (χ3v) is 6.47. The van der Waals surface area contributed by atoms with Crippen LogP contribution in [0.25, 0.3) is 5.76 Å². The minimum Gasteiger partial charge on any atom is -0.493 e. The molecule has 1 aliphatic rings. The monoisotopic (exact) mass is 588 g/mol. The van der Waals surface area contributed by atoms with Gasteiger partial charge in [-0.25, -0.2) is 4.79 Å². The maximum absolute atomic E-state index is 13.1. The SMILES string of the molecule is C=C(Oc1ccc(NC(=O)Nc2ccc(Cl)c(C(F)(F)F)c2)cc1)c1cc(OC)c(OCC2(N)CC2)cc1/N=C\C. The fraction of sp³-hybridized carbons (Fsp3) is 0.241. The van der Waals surface area contributed by atoms with Crippen LogP contribution in [0.4, 0.5) is 35.0 Å². The van der Waals surface area contributed by atoms with E-state index in [2.05, 4.69) is 22.2 Å². The summed E-state index contributed by atoms with van der Waals surface area (Å²) in [6.07, 6.45) is -1.21. The number of alkyl halides is 3. The number of urea groups is 1. The molecule has 0 unspecified atom stereocenters. The molecule has 12 heteroatoms. The van der Waals surface area contributed by atoms with Crippen LogP contribution in [0.5, 0.6) is 17.2 Å². The summed E-state index contributed by atoms with van der Waals surface area (Å²) in [5, 5.41) is 4.44. The quantitative estimate of drug-likeness (QED) is 0.166. The molecule has 3 aromatic carbocycles. The molecular weight excluding hydrogens is 561 g/mol. The first kappa shape index (κ1) is 29.8. The van der Waals surface area contributed by atoms with Crippen molar-refractivity contribution in [2.75, 3.05) is 24.4 Å². The van der Waals surface area contributed by atoms with E-state index in [1.54, 1.807) is 49.5 Å². The zero-order chi connectivity index (χ0) is 29.8. The predicted molar refractivity (Wildman–Crippen MR) is 154 cm³/mol. The van der Waals surface area contributed by atoms with Crippen LogP contribution in [-0.2, 0) is 6.18 Å². The van der Waals surface area contributed by atoms with Gasteiger partial charge in [-0.3, -0.25) is 4.99 Å². The molecule has 1 fully saturated rings. The lowest BCUT2D eigenvalue weighted by Crippen LogP contribution is -2.29. The minimum absolute atomic E-state index is 0.0667. The number of amides is 2. The molecule has 0 bridgehead atoms. The topological polar surface area (TPSA) is 107 Å². The van der Waals surface area contributed by atoms with Gasteiger partial charge >= 0.3 is 12.2 Å². The van der Waals surface area contributed by atoms with Crippen LogP contribution < -0.4 is 30.6 Å². The number of hydrogen-bond acceptors (Lipinski definition) is 6. The van der Waals surface area contributed by atoms with E-state index in [4.69, 9.17) is 31.5 Å². The number of anilines is 2. The van der Waals surface area contributed by atoms with Crippen LogP contribution >= 0.6 is 11.6 Å². The van der Waals surface area contributed by atoms with Gasteiger partial charge in [-0.05, 0) is 68.3 Å². The van der Waals surface area contributed by atoms with Crippen LogP contribution in [-0.4, -0.2) is 31.5 Å². The standard InChI is InChI=1S/C29H28ClF3N4O4/c1-4-35-24-15-26(40-16-28(34)11-12-28)25(39-3)14-21(24)17(2)41-20-8-5-18(6-9-20)36-27(38)37-19-7-10-23(30)22(13-19)29(31,32)33/h4-10,13-15H,2,11-12,16,34H2,1,3H3,(H2,36,37,38)/b35-4-.